The predicted molar refractivity (Wildman–Crippen MR) is 71.8 cm³/mol. The first-order valence-corrected chi connectivity index (χ1v) is 6.51. The number of ether oxygens (including phenoxy) is 1. The van der Waals surface area contributed by atoms with Gasteiger partial charge in [-0.3, -0.25) is 4.98 Å². The van der Waals surface area contributed by atoms with Gasteiger partial charge in [0.25, 0.3) is 0 Å². The molecular formula is C13H12ClNOS. The van der Waals surface area contributed by atoms with E-state index in [1.165, 1.54) is 4.90 Å². The molecule has 1 aromatic carbocycles. The van der Waals surface area contributed by atoms with Crippen molar-refractivity contribution in [3.05, 3.63) is 53.3 Å². The average Bonchev–Trinajstić information content (AvgIpc) is 2.37. The van der Waals surface area contributed by atoms with Gasteiger partial charge in [-0.25, -0.2) is 0 Å². The maximum atomic E-state index is 5.90. The summed E-state index contributed by atoms with van der Waals surface area (Å²) >= 11 is 7.63. The van der Waals surface area contributed by atoms with E-state index in [0.29, 0.717) is 0 Å². The maximum Gasteiger partial charge on any atom is 0.118 e. The lowest BCUT2D eigenvalue weighted by Crippen LogP contribution is -1.86. The van der Waals surface area contributed by atoms with Crippen LogP contribution >= 0.6 is 23.4 Å². The van der Waals surface area contributed by atoms with Crippen molar-refractivity contribution in [2.75, 3.05) is 7.11 Å². The van der Waals surface area contributed by atoms with Crippen molar-refractivity contribution >= 4 is 23.4 Å². The zero-order chi connectivity index (χ0) is 12.1. The Labute approximate surface area is 110 Å². The minimum absolute atomic E-state index is 0.727. The van der Waals surface area contributed by atoms with E-state index in [2.05, 4.69) is 4.98 Å². The van der Waals surface area contributed by atoms with Crippen LogP contribution in [0.1, 0.15) is 5.69 Å². The zero-order valence-corrected chi connectivity index (χ0v) is 11.0. The van der Waals surface area contributed by atoms with E-state index in [0.717, 1.165) is 22.2 Å². The minimum atomic E-state index is 0.727. The topological polar surface area (TPSA) is 22.1 Å². The first kappa shape index (κ1) is 12.3. The Kier molecular flexibility index (Phi) is 4.29. The molecule has 0 saturated carbocycles. The quantitative estimate of drug-likeness (QED) is 0.779. The third-order valence-corrected chi connectivity index (χ3v) is 3.51. The largest absolute Gasteiger partial charge is 0.497 e. The molecule has 2 rings (SSSR count). The van der Waals surface area contributed by atoms with Crippen LogP contribution in [-0.4, -0.2) is 12.1 Å². The highest BCUT2D eigenvalue weighted by atomic mass is 35.5. The van der Waals surface area contributed by atoms with E-state index in [1.54, 1.807) is 31.1 Å². The van der Waals surface area contributed by atoms with E-state index in [4.69, 9.17) is 16.3 Å². The van der Waals surface area contributed by atoms with E-state index < -0.39 is 0 Å². The van der Waals surface area contributed by atoms with Gasteiger partial charge in [0.05, 0.1) is 12.8 Å². The molecule has 0 spiro atoms. The number of hydrogen-bond donors (Lipinski definition) is 0. The Balaban J connectivity index is 1.97. The van der Waals surface area contributed by atoms with Gasteiger partial charge in [-0.05, 0) is 36.4 Å². The fourth-order valence-corrected chi connectivity index (χ4v) is 2.34. The van der Waals surface area contributed by atoms with Crippen molar-refractivity contribution in [2.45, 2.75) is 10.6 Å². The van der Waals surface area contributed by atoms with E-state index in [-0.39, 0.29) is 0 Å². The zero-order valence-electron chi connectivity index (χ0n) is 9.39. The van der Waals surface area contributed by atoms with Crippen LogP contribution in [0.2, 0.25) is 5.02 Å². The normalized spacial score (nSPS) is 10.2. The van der Waals surface area contributed by atoms with Gasteiger partial charge >= 0.3 is 0 Å². The van der Waals surface area contributed by atoms with Crippen LogP contribution in [0.5, 0.6) is 5.75 Å². The Morgan fingerprint density at radius 1 is 1.24 bits per heavy atom. The fourth-order valence-electron chi connectivity index (χ4n) is 1.36. The lowest BCUT2D eigenvalue weighted by atomic mass is 10.3. The van der Waals surface area contributed by atoms with E-state index >= 15 is 0 Å². The summed E-state index contributed by atoms with van der Waals surface area (Å²) in [6.45, 7) is 0. The van der Waals surface area contributed by atoms with E-state index in [1.807, 2.05) is 30.3 Å². The molecule has 0 bridgehead atoms. The summed E-state index contributed by atoms with van der Waals surface area (Å²) < 4.78 is 5.11. The van der Waals surface area contributed by atoms with Crippen molar-refractivity contribution in [3.8, 4) is 5.75 Å². The Bertz CT molecular complexity index is 487. The summed E-state index contributed by atoms with van der Waals surface area (Å²) in [5, 5.41) is 0.727. The van der Waals surface area contributed by atoms with Gasteiger partial charge in [0.15, 0.2) is 0 Å². The monoisotopic (exact) mass is 265 g/mol. The summed E-state index contributed by atoms with van der Waals surface area (Å²) in [5.41, 5.74) is 0.985. The summed E-state index contributed by atoms with van der Waals surface area (Å²) in [6, 6.07) is 11.6. The number of benzene rings is 1. The SMILES string of the molecule is COc1ccc(SCc2cc(Cl)ccn2)cc1. The minimum Gasteiger partial charge on any atom is -0.497 e. The van der Waals surface area contributed by atoms with Crippen LogP contribution in [0.15, 0.2) is 47.5 Å². The highest BCUT2D eigenvalue weighted by Gasteiger charge is 1.99. The highest BCUT2D eigenvalue weighted by Crippen LogP contribution is 2.24. The molecule has 2 aromatic rings. The molecule has 0 aliphatic heterocycles. The van der Waals surface area contributed by atoms with Gasteiger partial charge in [0, 0.05) is 21.9 Å². The van der Waals surface area contributed by atoms with Crippen molar-refractivity contribution in [2.24, 2.45) is 0 Å². The van der Waals surface area contributed by atoms with Gasteiger partial charge in [-0.15, -0.1) is 11.8 Å². The molecule has 0 N–H and O–H groups in total. The fraction of sp³-hybridized carbons (Fsp3) is 0.154. The van der Waals surface area contributed by atoms with Crippen LogP contribution < -0.4 is 4.74 Å². The maximum absolute atomic E-state index is 5.90. The molecular weight excluding hydrogens is 254 g/mol. The molecule has 4 heteroatoms. The number of pyridine rings is 1. The van der Waals surface area contributed by atoms with E-state index in [9.17, 15) is 0 Å². The van der Waals surface area contributed by atoms with Gasteiger partial charge < -0.3 is 4.74 Å². The third kappa shape index (κ3) is 3.65. The summed E-state index contributed by atoms with van der Waals surface area (Å²) in [6.07, 6.45) is 1.73. The Hall–Kier alpha value is -1.19. The molecule has 88 valence electrons. The van der Waals surface area contributed by atoms with Crippen molar-refractivity contribution in [1.29, 1.82) is 0 Å². The predicted octanol–water partition coefficient (Wildman–Crippen LogP) is 4.04. The standard InChI is InChI=1S/C13H12ClNOS/c1-16-12-2-4-13(5-3-12)17-9-11-8-10(14)6-7-15-11/h2-8H,9H2,1H3. The molecule has 0 saturated heterocycles. The van der Waals surface area contributed by atoms with Crippen molar-refractivity contribution in [3.63, 3.8) is 0 Å². The molecule has 2 nitrogen and oxygen atoms in total. The van der Waals surface area contributed by atoms with Gasteiger partial charge in [-0.1, -0.05) is 11.6 Å². The first-order valence-electron chi connectivity index (χ1n) is 5.15. The molecule has 1 heterocycles. The molecule has 0 radical (unpaired) electrons. The average molecular weight is 266 g/mol. The molecule has 0 atom stereocenters. The second kappa shape index (κ2) is 5.94. The molecule has 0 aliphatic rings. The highest BCUT2D eigenvalue weighted by molar-refractivity contribution is 7.98. The van der Waals surface area contributed by atoms with Gasteiger partial charge in [-0.2, -0.15) is 0 Å². The number of methoxy groups -OCH3 is 1. The van der Waals surface area contributed by atoms with Gasteiger partial charge in [0.2, 0.25) is 0 Å². The summed E-state index contributed by atoms with van der Waals surface area (Å²) in [7, 11) is 1.66. The number of hydrogen-bond acceptors (Lipinski definition) is 3. The number of rotatable bonds is 4. The Morgan fingerprint density at radius 3 is 2.65 bits per heavy atom. The number of aromatic nitrogens is 1. The van der Waals surface area contributed by atoms with Crippen LogP contribution in [0, 0.1) is 0 Å². The lowest BCUT2D eigenvalue weighted by Gasteiger charge is -2.03. The van der Waals surface area contributed by atoms with Gasteiger partial charge in [0.1, 0.15) is 5.75 Å². The van der Waals surface area contributed by atoms with Crippen LogP contribution in [0.25, 0.3) is 0 Å². The smallest absolute Gasteiger partial charge is 0.118 e. The first-order chi connectivity index (χ1) is 8.28. The number of nitrogens with zero attached hydrogens (tertiary/aromatic N) is 1. The third-order valence-electron chi connectivity index (χ3n) is 2.22. The number of halogens is 1. The summed E-state index contributed by atoms with van der Waals surface area (Å²) in [4.78, 5) is 5.45. The Morgan fingerprint density at radius 2 is 2.00 bits per heavy atom. The van der Waals surface area contributed by atoms with Crippen LogP contribution in [0.3, 0.4) is 0 Å². The molecule has 0 unspecified atom stereocenters. The van der Waals surface area contributed by atoms with Crippen LogP contribution in [0.4, 0.5) is 0 Å². The van der Waals surface area contributed by atoms with Crippen molar-refractivity contribution in [1.82, 2.24) is 4.98 Å². The lowest BCUT2D eigenvalue weighted by molar-refractivity contribution is 0.414. The molecule has 1 aromatic heterocycles. The van der Waals surface area contributed by atoms with Crippen LogP contribution in [-0.2, 0) is 5.75 Å². The summed E-state index contributed by atoms with van der Waals surface area (Å²) in [5.74, 6) is 1.68. The van der Waals surface area contributed by atoms with Crippen molar-refractivity contribution < 1.29 is 4.74 Å². The molecule has 0 amide bonds. The second-order valence-corrected chi connectivity index (χ2v) is 4.91. The molecule has 0 fully saturated rings. The molecule has 0 aliphatic carbocycles. The number of thioether (sulfide) groups is 1. The second-order valence-electron chi connectivity index (χ2n) is 3.43. The molecule has 17 heavy (non-hydrogen) atoms.